The van der Waals surface area contributed by atoms with Crippen LogP contribution in [0.25, 0.3) is 0 Å². The lowest BCUT2D eigenvalue weighted by Gasteiger charge is -2.22. The Morgan fingerprint density at radius 2 is 1.60 bits per heavy atom. The summed E-state index contributed by atoms with van der Waals surface area (Å²) in [5, 5.41) is 0. The van der Waals surface area contributed by atoms with Crippen LogP contribution in [0.4, 0.5) is 0 Å². The molecule has 0 radical (unpaired) electrons. The third kappa shape index (κ3) is 10.8. The van der Waals surface area contributed by atoms with Gasteiger partial charge in [0, 0.05) is 20.3 Å². The van der Waals surface area contributed by atoms with Crippen LogP contribution in [0.1, 0.15) is 94.6 Å². The number of hydrogen-bond donors (Lipinski definition) is 0. The first-order valence-corrected chi connectivity index (χ1v) is 12.2. The van der Waals surface area contributed by atoms with Gasteiger partial charge >= 0.3 is 0 Å². The van der Waals surface area contributed by atoms with Crippen LogP contribution >= 0.6 is 0 Å². The van der Waals surface area contributed by atoms with Crippen LogP contribution in [-0.2, 0) is 20.6 Å². The maximum absolute atomic E-state index is 5.79. The van der Waals surface area contributed by atoms with E-state index < -0.39 is 0 Å². The summed E-state index contributed by atoms with van der Waals surface area (Å²) in [6.07, 6.45) is 17.9. The maximum Gasteiger partial charge on any atom is 0.188 e. The minimum atomic E-state index is 0.0779. The van der Waals surface area contributed by atoms with E-state index in [2.05, 4.69) is 25.1 Å². The highest BCUT2D eigenvalue weighted by Crippen LogP contribution is 2.25. The van der Waals surface area contributed by atoms with Crippen molar-refractivity contribution in [1.29, 1.82) is 0 Å². The van der Waals surface area contributed by atoms with Crippen LogP contribution in [-0.4, -0.2) is 33.4 Å². The highest BCUT2D eigenvalue weighted by atomic mass is 16.7. The molecular weight excluding hydrogens is 376 g/mol. The van der Waals surface area contributed by atoms with Crippen molar-refractivity contribution in [3.8, 4) is 5.75 Å². The average molecular weight is 421 g/mol. The van der Waals surface area contributed by atoms with Crippen LogP contribution < -0.4 is 4.74 Å². The van der Waals surface area contributed by atoms with Crippen LogP contribution in [0.15, 0.2) is 18.2 Å². The molecule has 1 aromatic carbocycles. The number of para-hydroxylation sites is 1. The van der Waals surface area contributed by atoms with Crippen LogP contribution in [0.5, 0.6) is 5.75 Å². The molecule has 4 nitrogen and oxygen atoms in total. The maximum atomic E-state index is 5.79. The van der Waals surface area contributed by atoms with Gasteiger partial charge in [-0.3, -0.25) is 0 Å². The van der Waals surface area contributed by atoms with E-state index in [1.54, 1.807) is 7.11 Å². The van der Waals surface area contributed by atoms with Crippen molar-refractivity contribution in [1.82, 2.24) is 0 Å². The second-order valence-corrected chi connectivity index (χ2v) is 8.57. The number of ether oxygens (including phenoxy) is 4. The Labute approximate surface area is 184 Å². The van der Waals surface area contributed by atoms with Gasteiger partial charge in [0.15, 0.2) is 13.1 Å². The molecule has 1 heterocycles. The fourth-order valence-corrected chi connectivity index (χ4v) is 4.12. The highest BCUT2D eigenvalue weighted by Gasteiger charge is 2.13. The molecule has 0 aromatic heterocycles. The molecule has 1 atom stereocenters. The van der Waals surface area contributed by atoms with Gasteiger partial charge in [-0.15, -0.1) is 0 Å². The van der Waals surface area contributed by atoms with E-state index in [1.807, 2.05) is 0 Å². The van der Waals surface area contributed by atoms with Gasteiger partial charge in [-0.2, -0.15) is 0 Å². The van der Waals surface area contributed by atoms with Crippen LogP contribution in [0.2, 0.25) is 0 Å². The summed E-state index contributed by atoms with van der Waals surface area (Å²) in [4.78, 5) is 0. The quantitative estimate of drug-likeness (QED) is 0.201. The molecule has 1 saturated heterocycles. The van der Waals surface area contributed by atoms with Gasteiger partial charge in [0.2, 0.25) is 0 Å². The van der Waals surface area contributed by atoms with Gasteiger partial charge in [0.25, 0.3) is 0 Å². The summed E-state index contributed by atoms with van der Waals surface area (Å²) in [7, 11) is 1.67. The lowest BCUT2D eigenvalue weighted by Crippen LogP contribution is -2.22. The number of benzene rings is 1. The molecule has 1 fully saturated rings. The minimum Gasteiger partial charge on any atom is -0.467 e. The number of methoxy groups -OCH3 is 1. The molecule has 0 N–H and O–H groups in total. The molecule has 0 bridgehead atoms. The molecular formula is C26H44O4. The molecule has 30 heavy (non-hydrogen) atoms. The summed E-state index contributed by atoms with van der Waals surface area (Å²) in [5.41, 5.74) is 2.50. The molecule has 0 aliphatic carbocycles. The van der Waals surface area contributed by atoms with Crippen molar-refractivity contribution in [2.24, 2.45) is 0 Å². The van der Waals surface area contributed by atoms with Crippen molar-refractivity contribution in [3.63, 3.8) is 0 Å². The largest absolute Gasteiger partial charge is 0.467 e. The average Bonchev–Trinajstić information content (AvgIpc) is 2.77. The second-order valence-electron chi connectivity index (χ2n) is 8.57. The molecule has 0 spiro atoms. The lowest BCUT2D eigenvalue weighted by molar-refractivity contribution is -0.162. The topological polar surface area (TPSA) is 36.9 Å². The highest BCUT2D eigenvalue weighted by molar-refractivity contribution is 5.40. The molecule has 172 valence electrons. The van der Waals surface area contributed by atoms with Crippen molar-refractivity contribution in [2.45, 2.75) is 103 Å². The Kier molecular flexibility index (Phi) is 13.9. The van der Waals surface area contributed by atoms with E-state index in [0.29, 0.717) is 6.79 Å². The van der Waals surface area contributed by atoms with E-state index >= 15 is 0 Å². The van der Waals surface area contributed by atoms with Gasteiger partial charge in [-0.05, 0) is 56.6 Å². The lowest BCUT2D eigenvalue weighted by atomic mass is 10.0. The first-order valence-electron chi connectivity index (χ1n) is 12.2. The van der Waals surface area contributed by atoms with Crippen LogP contribution in [0, 0.1) is 6.92 Å². The summed E-state index contributed by atoms with van der Waals surface area (Å²) < 4.78 is 22.2. The summed E-state index contributed by atoms with van der Waals surface area (Å²) in [5.74, 6) is 1.01. The first kappa shape index (κ1) is 25.2. The van der Waals surface area contributed by atoms with Gasteiger partial charge in [0.1, 0.15) is 5.75 Å². The Bertz CT molecular complexity index is 540. The first-order chi connectivity index (χ1) is 14.8. The summed E-state index contributed by atoms with van der Waals surface area (Å²) in [6.45, 7) is 4.16. The zero-order chi connectivity index (χ0) is 21.3. The molecule has 1 aromatic rings. The van der Waals surface area contributed by atoms with Gasteiger partial charge in [0.05, 0.1) is 0 Å². The zero-order valence-corrected chi connectivity index (χ0v) is 19.5. The molecule has 1 unspecified atom stereocenters. The zero-order valence-electron chi connectivity index (χ0n) is 19.5. The molecule has 4 heteroatoms. The number of rotatable bonds is 17. The third-order valence-electron chi connectivity index (χ3n) is 5.90. The molecule has 2 rings (SSSR count). The van der Waals surface area contributed by atoms with Crippen LogP contribution in [0.3, 0.4) is 0 Å². The SMILES string of the molecule is COCOc1c(C)cccc1CCCCCCCCCCCCOC1CCCCO1. The van der Waals surface area contributed by atoms with Gasteiger partial charge in [-0.25, -0.2) is 0 Å². The fraction of sp³-hybridized carbons (Fsp3) is 0.769. The summed E-state index contributed by atoms with van der Waals surface area (Å²) >= 11 is 0. The number of aryl methyl sites for hydroxylation is 2. The monoisotopic (exact) mass is 420 g/mol. The Morgan fingerprint density at radius 3 is 2.27 bits per heavy atom. The Hall–Kier alpha value is -1.10. The van der Waals surface area contributed by atoms with Gasteiger partial charge < -0.3 is 18.9 Å². The van der Waals surface area contributed by atoms with Crippen molar-refractivity contribution < 1.29 is 18.9 Å². The molecule has 1 aliphatic heterocycles. The van der Waals surface area contributed by atoms with Crippen molar-refractivity contribution in [2.75, 3.05) is 27.1 Å². The standard InChI is InChI=1S/C26H44O4/c1-23-16-15-18-24(26(23)30-22-27-2)17-11-9-7-5-3-4-6-8-10-13-20-28-25-19-12-14-21-29-25/h15-16,18,25H,3-14,17,19-22H2,1-2H3. The van der Waals surface area contributed by atoms with Crippen molar-refractivity contribution >= 4 is 0 Å². The van der Waals surface area contributed by atoms with Gasteiger partial charge in [-0.1, -0.05) is 69.6 Å². The minimum absolute atomic E-state index is 0.0779. The fourth-order valence-electron chi connectivity index (χ4n) is 4.12. The summed E-state index contributed by atoms with van der Waals surface area (Å²) in [6, 6.07) is 6.41. The van der Waals surface area contributed by atoms with E-state index in [0.717, 1.165) is 31.8 Å². The Morgan fingerprint density at radius 1 is 0.900 bits per heavy atom. The number of hydrogen-bond acceptors (Lipinski definition) is 4. The third-order valence-corrected chi connectivity index (χ3v) is 5.90. The van der Waals surface area contributed by atoms with E-state index in [-0.39, 0.29) is 6.29 Å². The number of unbranched alkanes of at least 4 members (excludes halogenated alkanes) is 9. The Balaban J connectivity index is 1.39. The van der Waals surface area contributed by atoms with E-state index in [4.69, 9.17) is 18.9 Å². The second kappa shape index (κ2) is 16.6. The normalized spacial score (nSPS) is 16.7. The van der Waals surface area contributed by atoms with Crippen molar-refractivity contribution in [3.05, 3.63) is 29.3 Å². The predicted octanol–water partition coefficient (Wildman–Crippen LogP) is 6.96. The molecule has 0 saturated carbocycles. The van der Waals surface area contributed by atoms with E-state index in [1.165, 1.54) is 88.2 Å². The van der Waals surface area contributed by atoms with E-state index in [9.17, 15) is 0 Å². The predicted molar refractivity (Wildman–Crippen MR) is 123 cm³/mol. The molecule has 1 aliphatic rings. The smallest absolute Gasteiger partial charge is 0.188 e. The molecule has 0 amide bonds.